The van der Waals surface area contributed by atoms with E-state index in [0.29, 0.717) is 6.54 Å². The van der Waals surface area contributed by atoms with E-state index in [0.717, 1.165) is 10.9 Å². The summed E-state index contributed by atoms with van der Waals surface area (Å²) in [6, 6.07) is 6.04. The smallest absolute Gasteiger partial charge is 0.314 e. The van der Waals surface area contributed by atoms with Gasteiger partial charge in [-0.1, -0.05) is 22.0 Å². The Balaban J connectivity index is 2.50. The molecule has 0 fully saturated rings. The van der Waals surface area contributed by atoms with Gasteiger partial charge in [0.1, 0.15) is 0 Å². The van der Waals surface area contributed by atoms with Gasteiger partial charge in [0.05, 0.1) is 0 Å². The van der Waals surface area contributed by atoms with E-state index in [4.69, 9.17) is 0 Å². The second-order valence-corrected chi connectivity index (χ2v) is 4.24. The fourth-order valence-electron chi connectivity index (χ4n) is 1.31. The minimum absolute atomic E-state index is 0.136. The van der Waals surface area contributed by atoms with E-state index in [-0.39, 0.29) is 6.03 Å². The monoisotopic (exact) mass is 270 g/mol. The van der Waals surface area contributed by atoms with Crippen molar-refractivity contribution >= 4 is 22.0 Å². The van der Waals surface area contributed by atoms with E-state index in [9.17, 15) is 4.79 Å². The van der Waals surface area contributed by atoms with Gasteiger partial charge in [-0.2, -0.15) is 0 Å². The van der Waals surface area contributed by atoms with Crippen molar-refractivity contribution in [3.05, 3.63) is 33.8 Å². The van der Waals surface area contributed by atoms with Gasteiger partial charge in [-0.3, -0.25) is 0 Å². The maximum Gasteiger partial charge on any atom is 0.314 e. The van der Waals surface area contributed by atoms with E-state index in [1.165, 1.54) is 11.1 Å². The number of carbonyl (C=O) groups is 1. The lowest BCUT2D eigenvalue weighted by atomic mass is 10.1. The van der Waals surface area contributed by atoms with Crippen molar-refractivity contribution in [2.24, 2.45) is 0 Å². The van der Waals surface area contributed by atoms with Crippen LogP contribution < -0.4 is 10.6 Å². The molecule has 0 saturated heterocycles. The Labute approximate surface area is 98.4 Å². The van der Waals surface area contributed by atoms with Gasteiger partial charge in [0.15, 0.2) is 0 Å². The van der Waals surface area contributed by atoms with Gasteiger partial charge in [-0.15, -0.1) is 0 Å². The maximum atomic E-state index is 10.9. The number of urea groups is 1. The third kappa shape index (κ3) is 3.91. The molecule has 1 rings (SSSR count). The summed E-state index contributed by atoms with van der Waals surface area (Å²) >= 11 is 3.43. The van der Waals surface area contributed by atoms with Crippen molar-refractivity contribution < 1.29 is 4.79 Å². The van der Waals surface area contributed by atoms with Crippen LogP contribution in [0.5, 0.6) is 0 Å². The molecule has 0 unspecified atom stereocenters. The lowest BCUT2D eigenvalue weighted by Crippen LogP contribution is -2.34. The predicted octanol–water partition coefficient (Wildman–Crippen LogP) is 2.23. The summed E-state index contributed by atoms with van der Waals surface area (Å²) in [7, 11) is 1.61. The summed E-state index contributed by atoms with van der Waals surface area (Å²) in [4.78, 5) is 10.9. The maximum absolute atomic E-state index is 10.9. The summed E-state index contributed by atoms with van der Waals surface area (Å²) < 4.78 is 1.07. The first kappa shape index (κ1) is 12.0. The summed E-state index contributed by atoms with van der Waals surface area (Å²) in [6.45, 7) is 2.72. The first-order valence-electron chi connectivity index (χ1n) is 4.84. The molecule has 0 aliphatic heterocycles. The van der Waals surface area contributed by atoms with Crippen LogP contribution in [0.15, 0.2) is 22.7 Å². The normalized spacial score (nSPS) is 9.80. The molecule has 0 atom stereocenters. The summed E-state index contributed by atoms with van der Waals surface area (Å²) in [5.74, 6) is 0. The zero-order chi connectivity index (χ0) is 11.3. The molecule has 82 valence electrons. The lowest BCUT2D eigenvalue weighted by molar-refractivity contribution is 0.243. The van der Waals surface area contributed by atoms with Gasteiger partial charge in [0.25, 0.3) is 0 Å². The fraction of sp³-hybridized carbons (Fsp3) is 0.364. The quantitative estimate of drug-likeness (QED) is 0.869. The van der Waals surface area contributed by atoms with E-state index in [1.807, 2.05) is 6.07 Å². The van der Waals surface area contributed by atoms with E-state index < -0.39 is 0 Å². The van der Waals surface area contributed by atoms with Gasteiger partial charge < -0.3 is 10.6 Å². The molecule has 1 aromatic rings. The molecule has 4 heteroatoms. The van der Waals surface area contributed by atoms with E-state index >= 15 is 0 Å². The molecule has 0 aliphatic carbocycles. The van der Waals surface area contributed by atoms with Gasteiger partial charge in [0, 0.05) is 18.1 Å². The van der Waals surface area contributed by atoms with Crippen molar-refractivity contribution in [2.75, 3.05) is 13.6 Å². The molecular weight excluding hydrogens is 256 g/mol. The highest BCUT2D eigenvalue weighted by molar-refractivity contribution is 9.10. The molecule has 0 spiro atoms. The molecule has 0 radical (unpaired) electrons. The van der Waals surface area contributed by atoms with Crippen LogP contribution in [-0.2, 0) is 6.42 Å². The largest absolute Gasteiger partial charge is 0.341 e. The molecule has 2 N–H and O–H groups in total. The first-order valence-corrected chi connectivity index (χ1v) is 5.63. The zero-order valence-electron chi connectivity index (χ0n) is 8.93. The number of benzene rings is 1. The summed E-state index contributed by atoms with van der Waals surface area (Å²) in [5, 5.41) is 5.28. The van der Waals surface area contributed by atoms with Gasteiger partial charge in [0.2, 0.25) is 0 Å². The third-order valence-corrected chi connectivity index (χ3v) is 2.71. The topological polar surface area (TPSA) is 41.1 Å². The number of rotatable bonds is 3. The lowest BCUT2D eigenvalue weighted by Gasteiger charge is -2.07. The van der Waals surface area contributed by atoms with Crippen LogP contribution in [0.3, 0.4) is 0 Å². The molecule has 0 heterocycles. The minimum Gasteiger partial charge on any atom is -0.341 e. The molecule has 0 saturated carbocycles. The van der Waals surface area contributed by atoms with Gasteiger partial charge in [-0.25, -0.2) is 4.79 Å². The Morgan fingerprint density at radius 1 is 1.47 bits per heavy atom. The van der Waals surface area contributed by atoms with Crippen LogP contribution >= 0.6 is 15.9 Å². The minimum atomic E-state index is -0.136. The molecule has 2 amide bonds. The Morgan fingerprint density at radius 2 is 2.20 bits per heavy atom. The third-order valence-electron chi connectivity index (χ3n) is 2.22. The fourth-order valence-corrected chi connectivity index (χ4v) is 1.72. The molecule has 1 aromatic carbocycles. The van der Waals surface area contributed by atoms with Crippen molar-refractivity contribution in [2.45, 2.75) is 13.3 Å². The number of hydrogen-bond acceptors (Lipinski definition) is 1. The van der Waals surface area contributed by atoms with Crippen molar-refractivity contribution in [1.82, 2.24) is 10.6 Å². The highest BCUT2D eigenvalue weighted by atomic mass is 79.9. The highest BCUT2D eigenvalue weighted by Crippen LogP contribution is 2.16. The number of aryl methyl sites for hydroxylation is 1. The SMILES string of the molecule is CNC(=O)NCCc1cc(Br)ccc1C. The van der Waals surface area contributed by atoms with Crippen LogP contribution in [0.25, 0.3) is 0 Å². The van der Waals surface area contributed by atoms with Crippen molar-refractivity contribution in [1.29, 1.82) is 0 Å². The van der Waals surface area contributed by atoms with Crippen molar-refractivity contribution in [3.8, 4) is 0 Å². The van der Waals surface area contributed by atoms with Gasteiger partial charge in [-0.05, 0) is 36.6 Å². The molecule has 0 aliphatic rings. The average molecular weight is 271 g/mol. The Kier molecular flexibility index (Phi) is 4.62. The molecular formula is C11H15BrN2O. The van der Waals surface area contributed by atoms with Crippen LogP contribution in [-0.4, -0.2) is 19.6 Å². The standard InChI is InChI=1S/C11H15BrN2O/c1-8-3-4-10(12)7-9(8)5-6-14-11(15)13-2/h3-4,7H,5-6H2,1-2H3,(H2,13,14,15). The van der Waals surface area contributed by atoms with Gasteiger partial charge >= 0.3 is 6.03 Å². The first-order chi connectivity index (χ1) is 7.13. The van der Waals surface area contributed by atoms with Crippen LogP contribution in [0.4, 0.5) is 4.79 Å². The molecule has 15 heavy (non-hydrogen) atoms. The number of nitrogens with one attached hydrogen (secondary N) is 2. The van der Waals surface area contributed by atoms with E-state index in [2.05, 4.69) is 45.6 Å². The Morgan fingerprint density at radius 3 is 2.87 bits per heavy atom. The van der Waals surface area contributed by atoms with Crippen molar-refractivity contribution in [3.63, 3.8) is 0 Å². The summed E-state index contributed by atoms with van der Waals surface area (Å²) in [6.07, 6.45) is 0.846. The average Bonchev–Trinajstić information content (AvgIpc) is 2.23. The van der Waals surface area contributed by atoms with Crippen LogP contribution in [0.2, 0.25) is 0 Å². The highest BCUT2D eigenvalue weighted by Gasteiger charge is 2.00. The Hall–Kier alpha value is -1.03. The second-order valence-electron chi connectivity index (χ2n) is 3.33. The van der Waals surface area contributed by atoms with Crippen LogP contribution in [0, 0.1) is 6.92 Å². The Bertz CT molecular complexity index is 352. The summed E-state index contributed by atoms with van der Waals surface area (Å²) in [5.41, 5.74) is 2.50. The predicted molar refractivity (Wildman–Crippen MR) is 65.0 cm³/mol. The van der Waals surface area contributed by atoms with Crippen LogP contribution in [0.1, 0.15) is 11.1 Å². The number of hydrogen-bond donors (Lipinski definition) is 2. The molecule has 0 aromatic heterocycles. The second kappa shape index (κ2) is 5.75. The van der Waals surface area contributed by atoms with E-state index in [1.54, 1.807) is 7.05 Å². The molecule has 3 nitrogen and oxygen atoms in total. The number of carbonyl (C=O) groups excluding carboxylic acids is 1. The zero-order valence-corrected chi connectivity index (χ0v) is 10.5. The number of amides is 2. The molecule has 0 bridgehead atoms. The number of halogens is 1.